The van der Waals surface area contributed by atoms with Gasteiger partial charge in [0.05, 0.1) is 6.54 Å². The number of oxazole rings is 1. The maximum Gasteiger partial charge on any atom is 0.209 e. The van der Waals surface area contributed by atoms with E-state index in [-0.39, 0.29) is 11.9 Å². The molecule has 1 atom stereocenters. The van der Waals surface area contributed by atoms with Gasteiger partial charge in [-0.1, -0.05) is 12.1 Å². The maximum absolute atomic E-state index is 13.2. The summed E-state index contributed by atoms with van der Waals surface area (Å²) in [5.41, 5.74) is 1.12. The average Bonchev–Trinajstić information content (AvgIpc) is 2.95. The summed E-state index contributed by atoms with van der Waals surface area (Å²) in [6.45, 7) is 1.68. The van der Waals surface area contributed by atoms with E-state index in [0.29, 0.717) is 36.7 Å². The van der Waals surface area contributed by atoms with Gasteiger partial charge in [-0.2, -0.15) is 0 Å². The molecule has 3 aromatic rings. The van der Waals surface area contributed by atoms with Crippen LogP contribution >= 0.6 is 0 Å². The fraction of sp³-hybridized carbons (Fsp3) is 0.278. The fourth-order valence-corrected chi connectivity index (χ4v) is 2.81. The van der Waals surface area contributed by atoms with E-state index in [1.807, 2.05) is 36.2 Å². The smallest absolute Gasteiger partial charge is 0.209 e. The molecule has 124 valence electrons. The van der Waals surface area contributed by atoms with Gasteiger partial charge in [0.15, 0.2) is 17.1 Å². The minimum Gasteiger partial charge on any atom is -0.486 e. The van der Waals surface area contributed by atoms with Crippen LogP contribution < -0.4 is 9.47 Å². The zero-order valence-electron chi connectivity index (χ0n) is 13.2. The Morgan fingerprint density at radius 1 is 1.21 bits per heavy atom. The number of aromatic nitrogens is 1. The predicted molar refractivity (Wildman–Crippen MR) is 86.7 cm³/mol. The number of fused-ring (bicyclic) bond motifs is 2. The average molecular weight is 328 g/mol. The highest BCUT2D eigenvalue weighted by Gasteiger charge is 2.22. The molecule has 0 amide bonds. The molecule has 0 fully saturated rings. The van der Waals surface area contributed by atoms with Gasteiger partial charge in [-0.05, 0) is 31.3 Å². The summed E-state index contributed by atoms with van der Waals surface area (Å²) in [5.74, 6) is 1.77. The molecule has 0 saturated heterocycles. The topological polar surface area (TPSA) is 47.7 Å². The van der Waals surface area contributed by atoms with E-state index >= 15 is 0 Å². The number of halogens is 1. The SMILES string of the molecule is CN(Cc1nc2cc(F)ccc2o1)CC1COc2ccccc2O1. The van der Waals surface area contributed by atoms with E-state index in [1.54, 1.807) is 6.07 Å². The monoisotopic (exact) mass is 328 g/mol. The van der Waals surface area contributed by atoms with Gasteiger partial charge in [0, 0.05) is 12.6 Å². The summed E-state index contributed by atoms with van der Waals surface area (Å²) in [6.07, 6.45) is -0.0632. The Balaban J connectivity index is 1.40. The first-order chi connectivity index (χ1) is 11.7. The van der Waals surface area contributed by atoms with E-state index in [1.165, 1.54) is 12.1 Å². The molecular weight excluding hydrogens is 311 g/mol. The molecule has 0 radical (unpaired) electrons. The van der Waals surface area contributed by atoms with Gasteiger partial charge in [-0.25, -0.2) is 9.37 Å². The van der Waals surface area contributed by atoms with Crippen molar-refractivity contribution < 1.29 is 18.3 Å². The summed E-state index contributed by atoms with van der Waals surface area (Å²) in [5, 5.41) is 0. The quantitative estimate of drug-likeness (QED) is 0.736. The van der Waals surface area contributed by atoms with Gasteiger partial charge in [0.2, 0.25) is 5.89 Å². The molecule has 1 aromatic heterocycles. The highest BCUT2D eigenvalue weighted by atomic mass is 19.1. The number of rotatable bonds is 4. The van der Waals surface area contributed by atoms with Gasteiger partial charge in [0.1, 0.15) is 24.0 Å². The summed E-state index contributed by atoms with van der Waals surface area (Å²) in [4.78, 5) is 6.37. The summed E-state index contributed by atoms with van der Waals surface area (Å²) < 4.78 is 30.5. The number of benzene rings is 2. The van der Waals surface area contributed by atoms with Crippen molar-refractivity contribution in [3.05, 3.63) is 54.2 Å². The second-order valence-electron chi connectivity index (χ2n) is 5.91. The van der Waals surface area contributed by atoms with Gasteiger partial charge in [-0.3, -0.25) is 4.90 Å². The first-order valence-corrected chi connectivity index (χ1v) is 7.79. The van der Waals surface area contributed by atoms with Crippen LogP contribution in [0.15, 0.2) is 46.9 Å². The highest BCUT2D eigenvalue weighted by Crippen LogP contribution is 2.31. The van der Waals surface area contributed by atoms with Crippen molar-refractivity contribution in [2.75, 3.05) is 20.2 Å². The Kier molecular flexibility index (Phi) is 3.82. The lowest BCUT2D eigenvalue weighted by atomic mass is 10.2. The molecule has 24 heavy (non-hydrogen) atoms. The van der Waals surface area contributed by atoms with E-state index in [4.69, 9.17) is 13.9 Å². The van der Waals surface area contributed by atoms with Crippen molar-refractivity contribution in [3.8, 4) is 11.5 Å². The van der Waals surface area contributed by atoms with Crippen LogP contribution in [0.2, 0.25) is 0 Å². The van der Waals surface area contributed by atoms with Crippen molar-refractivity contribution in [3.63, 3.8) is 0 Å². The molecule has 1 unspecified atom stereocenters. The molecule has 2 heterocycles. The lowest BCUT2D eigenvalue weighted by Gasteiger charge is -2.29. The number of hydrogen-bond acceptors (Lipinski definition) is 5. The standard InChI is InChI=1S/C18H17FN2O3/c1-21(9-13-11-22-16-4-2-3-5-17(16)23-13)10-18-20-14-8-12(19)6-7-15(14)24-18/h2-8,13H,9-11H2,1H3. The molecule has 4 rings (SSSR count). The van der Waals surface area contributed by atoms with E-state index in [2.05, 4.69) is 4.98 Å². The summed E-state index contributed by atoms with van der Waals surface area (Å²) in [6, 6.07) is 12.0. The zero-order valence-corrected chi connectivity index (χ0v) is 13.2. The lowest BCUT2D eigenvalue weighted by molar-refractivity contribution is 0.0620. The van der Waals surface area contributed by atoms with E-state index in [9.17, 15) is 4.39 Å². The van der Waals surface area contributed by atoms with Crippen molar-refractivity contribution in [1.82, 2.24) is 9.88 Å². The van der Waals surface area contributed by atoms with Crippen molar-refractivity contribution in [2.24, 2.45) is 0 Å². The number of para-hydroxylation sites is 2. The Bertz CT molecular complexity index is 864. The molecular formula is C18H17FN2O3. The Labute approximate surface area is 138 Å². The van der Waals surface area contributed by atoms with Crippen LogP contribution in [0.1, 0.15) is 5.89 Å². The van der Waals surface area contributed by atoms with Crippen LogP contribution in [0.3, 0.4) is 0 Å². The lowest BCUT2D eigenvalue weighted by Crippen LogP contribution is -2.39. The van der Waals surface area contributed by atoms with E-state index < -0.39 is 0 Å². The Morgan fingerprint density at radius 3 is 2.92 bits per heavy atom. The molecule has 5 nitrogen and oxygen atoms in total. The van der Waals surface area contributed by atoms with Crippen LogP contribution in [0, 0.1) is 5.82 Å². The molecule has 1 aliphatic heterocycles. The van der Waals surface area contributed by atoms with Crippen LogP contribution in [0.5, 0.6) is 11.5 Å². The second kappa shape index (κ2) is 6.13. The Hall–Kier alpha value is -2.60. The molecule has 0 bridgehead atoms. The third-order valence-electron chi connectivity index (χ3n) is 3.88. The third-order valence-corrected chi connectivity index (χ3v) is 3.88. The number of ether oxygens (including phenoxy) is 2. The third kappa shape index (κ3) is 3.05. The first-order valence-electron chi connectivity index (χ1n) is 7.79. The fourth-order valence-electron chi connectivity index (χ4n) is 2.81. The number of likely N-dealkylation sites (N-methyl/N-ethyl adjacent to an activating group) is 1. The van der Waals surface area contributed by atoms with Gasteiger partial charge in [-0.15, -0.1) is 0 Å². The largest absolute Gasteiger partial charge is 0.486 e. The minimum absolute atomic E-state index is 0.0632. The van der Waals surface area contributed by atoms with Gasteiger partial charge >= 0.3 is 0 Å². The maximum atomic E-state index is 13.2. The minimum atomic E-state index is -0.317. The summed E-state index contributed by atoms with van der Waals surface area (Å²) in [7, 11) is 1.96. The Morgan fingerprint density at radius 2 is 2.04 bits per heavy atom. The molecule has 0 saturated carbocycles. The molecule has 6 heteroatoms. The second-order valence-corrected chi connectivity index (χ2v) is 5.91. The number of nitrogens with zero attached hydrogens (tertiary/aromatic N) is 2. The van der Waals surface area contributed by atoms with E-state index in [0.717, 1.165) is 11.5 Å². The molecule has 0 spiro atoms. The van der Waals surface area contributed by atoms with Crippen LogP contribution in [-0.4, -0.2) is 36.2 Å². The van der Waals surface area contributed by atoms with Gasteiger partial charge in [0.25, 0.3) is 0 Å². The van der Waals surface area contributed by atoms with Crippen molar-refractivity contribution in [1.29, 1.82) is 0 Å². The van der Waals surface area contributed by atoms with Crippen molar-refractivity contribution in [2.45, 2.75) is 12.6 Å². The molecule has 0 aliphatic carbocycles. The van der Waals surface area contributed by atoms with Crippen LogP contribution in [0.4, 0.5) is 4.39 Å². The predicted octanol–water partition coefficient (Wildman–Crippen LogP) is 3.24. The summed E-state index contributed by atoms with van der Waals surface area (Å²) >= 11 is 0. The molecule has 0 N–H and O–H groups in total. The van der Waals surface area contributed by atoms with Crippen LogP contribution in [-0.2, 0) is 6.54 Å². The van der Waals surface area contributed by atoms with Crippen molar-refractivity contribution >= 4 is 11.1 Å². The first kappa shape index (κ1) is 15.0. The highest BCUT2D eigenvalue weighted by molar-refractivity contribution is 5.72. The molecule has 1 aliphatic rings. The van der Waals surface area contributed by atoms with Crippen LogP contribution in [0.25, 0.3) is 11.1 Å². The molecule has 2 aromatic carbocycles. The number of hydrogen-bond donors (Lipinski definition) is 0. The van der Waals surface area contributed by atoms with Gasteiger partial charge < -0.3 is 13.9 Å². The normalized spacial score (nSPS) is 16.7. The zero-order chi connectivity index (χ0) is 16.5.